The van der Waals surface area contributed by atoms with Crippen molar-refractivity contribution in [2.24, 2.45) is 0 Å². The van der Waals surface area contributed by atoms with E-state index in [1.165, 1.54) is 162 Å². The molecule has 4 heteroatoms. The van der Waals surface area contributed by atoms with E-state index >= 15 is 0 Å². The average molecular weight is 1550 g/mol. The molecular formula is C116H98N4. The number of hydrogen-bond acceptors (Lipinski definition) is 4. The molecule has 0 radical (unpaired) electrons. The Bertz CT molecular complexity index is 6500. The molecule has 0 saturated heterocycles. The lowest BCUT2D eigenvalue weighted by Gasteiger charge is -2.30. The van der Waals surface area contributed by atoms with Crippen molar-refractivity contribution in [3.05, 3.63) is 482 Å². The molecule has 0 aliphatic heterocycles. The maximum absolute atomic E-state index is 2.40. The summed E-state index contributed by atoms with van der Waals surface area (Å²) < 4.78 is 0. The Kier molecular flexibility index (Phi) is 22.5. The van der Waals surface area contributed by atoms with E-state index in [-0.39, 0.29) is 10.8 Å². The molecule has 0 amide bonds. The molecule has 0 heterocycles. The molecule has 20 rings (SSSR count). The second-order valence-corrected chi connectivity index (χ2v) is 32.3. The number of anilines is 10. The Labute approximate surface area is 709 Å². The first-order valence-electron chi connectivity index (χ1n) is 41.6. The highest BCUT2D eigenvalue weighted by Crippen LogP contribution is 2.53. The van der Waals surface area contributed by atoms with Gasteiger partial charge in [0.2, 0.25) is 0 Å². The SMILES string of the molecule is CN(c1ccccc1)c1ccc(-c2ccc(-c3ccccc3)cc2)cc1.CN(c1ccccc1)c1ccc(-c2cccc3ccccc23)cc1.Cc1ccc(N(c2ccc(-c3ccccc3)cc2)c2ccc3c(c2)C(C)(C)c2ccccc2-3)cc1.Cc1ccc(N(c2ccc3c(c2)C(C)(C)c2ccccc2-3)c2ccccc2-c2ccccc2)cc1. The van der Waals surface area contributed by atoms with Crippen LogP contribution in [0.15, 0.2) is 449 Å². The van der Waals surface area contributed by atoms with E-state index in [2.05, 4.69) is 506 Å². The summed E-state index contributed by atoms with van der Waals surface area (Å²) in [6, 6.07) is 161. The molecule has 0 aromatic heterocycles. The Balaban J connectivity index is 0.000000116. The number of para-hydroxylation sites is 3. The van der Waals surface area contributed by atoms with Gasteiger partial charge in [0, 0.05) is 81.7 Å². The minimum atomic E-state index is -0.0418. The van der Waals surface area contributed by atoms with Gasteiger partial charge >= 0.3 is 0 Å². The molecule has 2 aliphatic rings. The van der Waals surface area contributed by atoms with Crippen LogP contribution >= 0.6 is 0 Å². The Hall–Kier alpha value is -14.6. The second kappa shape index (κ2) is 34.7. The number of rotatable bonds is 15. The van der Waals surface area contributed by atoms with Gasteiger partial charge in [0.1, 0.15) is 0 Å². The summed E-state index contributed by atoms with van der Waals surface area (Å²) in [7, 11) is 4.20. The van der Waals surface area contributed by atoms with Crippen molar-refractivity contribution in [2.45, 2.75) is 52.4 Å². The van der Waals surface area contributed by atoms with Crippen molar-refractivity contribution in [1.82, 2.24) is 0 Å². The minimum absolute atomic E-state index is 0.0297. The highest BCUT2D eigenvalue weighted by Gasteiger charge is 2.37. The molecule has 0 saturated carbocycles. The topological polar surface area (TPSA) is 13.0 Å². The van der Waals surface area contributed by atoms with Crippen LogP contribution < -0.4 is 19.6 Å². The van der Waals surface area contributed by atoms with Gasteiger partial charge in [-0.15, -0.1) is 0 Å². The molecule has 0 fully saturated rings. The lowest BCUT2D eigenvalue weighted by molar-refractivity contribution is 0.660. The van der Waals surface area contributed by atoms with Gasteiger partial charge in [-0.25, -0.2) is 0 Å². The average Bonchev–Trinajstić information content (AvgIpc) is 1.55. The van der Waals surface area contributed by atoms with Crippen molar-refractivity contribution >= 4 is 67.6 Å². The van der Waals surface area contributed by atoms with Gasteiger partial charge in [-0.3, -0.25) is 0 Å². The van der Waals surface area contributed by atoms with E-state index in [0.29, 0.717) is 0 Å². The summed E-state index contributed by atoms with van der Waals surface area (Å²) in [5.41, 5.74) is 37.6. The molecule has 0 unspecified atom stereocenters. The van der Waals surface area contributed by atoms with Crippen LogP contribution in [-0.4, -0.2) is 14.1 Å². The van der Waals surface area contributed by atoms with Gasteiger partial charge in [0.25, 0.3) is 0 Å². The van der Waals surface area contributed by atoms with Gasteiger partial charge in [-0.2, -0.15) is 0 Å². The maximum Gasteiger partial charge on any atom is 0.0540 e. The van der Waals surface area contributed by atoms with Crippen LogP contribution in [0.1, 0.15) is 61.1 Å². The zero-order valence-corrected chi connectivity index (χ0v) is 69.5. The lowest BCUT2D eigenvalue weighted by Crippen LogP contribution is -2.16. The molecule has 2 aliphatic carbocycles. The predicted molar refractivity (Wildman–Crippen MR) is 513 cm³/mol. The van der Waals surface area contributed by atoms with E-state index in [1.807, 2.05) is 18.2 Å². The first kappa shape index (κ1) is 78.0. The van der Waals surface area contributed by atoms with Crippen LogP contribution in [0.4, 0.5) is 56.9 Å². The number of hydrogen-bond donors (Lipinski definition) is 0. The van der Waals surface area contributed by atoms with E-state index in [0.717, 1.165) is 17.1 Å². The van der Waals surface area contributed by atoms with Crippen molar-refractivity contribution < 1.29 is 0 Å². The third-order valence-electron chi connectivity index (χ3n) is 23.9. The summed E-state index contributed by atoms with van der Waals surface area (Å²) in [6.45, 7) is 13.6. The molecule has 582 valence electrons. The summed E-state index contributed by atoms with van der Waals surface area (Å²) in [6.07, 6.45) is 0. The first-order chi connectivity index (χ1) is 58.7. The summed E-state index contributed by atoms with van der Waals surface area (Å²) in [5, 5.41) is 2.57. The highest BCUT2D eigenvalue weighted by atomic mass is 15.2. The van der Waals surface area contributed by atoms with E-state index in [4.69, 9.17) is 0 Å². The number of fused-ring (bicyclic) bond motifs is 7. The van der Waals surface area contributed by atoms with Crippen LogP contribution in [0, 0.1) is 13.8 Å². The third-order valence-corrected chi connectivity index (χ3v) is 23.9. The Morgan fingerprint density at radius 3 is 0.908 bits per heavy atom. The second-order valence-electron chi connectivity index (χ2n) is 32.3. The quantitative estimate of drug-likeness (QED) is 0.101. The van der Waals surface area contributed by atoms with Gasteiger partial charge in [0.15, 0.2) is 0 Å². The number of aryl methyl sites for hydroxylation is 2. The number of nitrogens with zero attached hydrogens (tertiary/aromatic N) is 4. The largest absolute Gasteiger partial charge is 0.345 e. The molecule has 0 N–H and O–H groups in total. The van der Waals surface area contributed by atoms with Gasteiger partial charge < -0.3 is 19.6 Å². The minimum Gasteiger partial charge on any atom is -0.345 e. The fourth-order valence-electron chi connectivity index (χ4n) is 17.2. The normalized spacial score (nSPS) is 12.1. The van der Waals surface area contributed by atoms with Crippen LogP contribution in [0.2, 0.25) is 0 Å². The van der Waals surface area contributed by atoms with Crippen LogP contribution in [0.3, 0.4) is 0 Å². The van der Waals surface area contributed by atoms with Gasteiger partial charge in [-0.1, -0.05) is 372 Å². The summed E-state index contributed by atoms with van der Waals surface area (Å²) in [4.78, 5) is 9.17. The lowest BCUT2D eigenvalue weighted by atomic mass is 9.82. The molecule has 0 atom stereocenters. The van der Waals surface area contributed by atoms with Crippen molar-refractivity contribution in [2.75, 3.05) is 33.7 Å². The van der Waals surface area contributed by atoms with E-state index in [9.17, 15) is 0 Å². The molecule has 18 aromatic rings. The van der Waals surface area contributed by atoms with Crippen LogP contribution in [0.5, 0.6) is 0 Å². The standard InChI is InChI=1S/2C34H29N.C25H21N.C23H19N/c1-24-17-19-26(20-18-24)35(33-16-10-8-13-28(33)25-11-5-4-6-12-25)27-21-22-30-29-14-7-9-15-31(29)34(2,3)32(30)23-27;1-24-13-17-27(18-14-24)35(28-19-15-26(16-20-28)25-9-5-4-6-10-25)29-21-22-31-30-11-7-8-12-32(30)34(2,3)33(31)23-29;1-26(24-10-6-3-7-11-24)25-18-16-23(17-19-25)22-14-12-21(13-15-22)20-8-4-2-5-9-20;1-24(20-10-3-2-4-11-20)21-16-14-19(15-17-21)23-13-7-9-18-8-5-6-12-22(18)23/h2*4-23H,1-3H3;2-19H,1H3;2-17H,1H3. The highest BCUT2D eigenvalue weighted by molar-refractivity contribution is 5.97. The fourth-order valence-corrected chi connectivity index (χ4v) is 17.2. The van der Waals surface area contributed by atoms with E-state index < -0.39 is 0 Å². The third kappa shape index (κ3) is 16.4. The maximum atomic E-state index is 2.40. The van der Waals surface area contributed by atoms with Crippen LogP contribution in [0.25, 0.3) is 88.7 Å². The van der Waals surface area contributed by atoms with Gasteiger partial charge in [-0.05, 0) is 234 Å². The molecular weight excluding hydrogens is 1450 g/mol. The zero-order chi connectivity index (χ0) is 82.1. The first-order valence-corrected chi connectivity index (χ1v) is 41.6. The van der Waals surface area contributed by atoms with Crippen molar-refractivity contribution in [1.29, 1.82) is 0 Å². The molecule has 18 aromatic carbocycles. The fraction of sp³-hybridized carbons (Fsp3) is 0.0862. The monoisotopic (exact) mass is 1550 g/mol. The van der Waals surface area contributed by atoms with Crippen molar-refractivity contribution in [3.63, 3.8) is 0 Å². The van der Waals surface area contributed by atoms with E-state index in [1.54, 1.807) is 0 Å². The van der Waals surface area contributed by atoms with Crippen molar-refractivity contribution in [3.8, 4) is 77.9 Å². The molecule has 0 bridgehead atoms. The zero-order valence-electron chi connectivity index (χ0n) is 69.5. The molecule has 0 spiro atoms. The smallest absolute Gasteiger partial charge is 0.0540 e. The summed E-state index contributed by atoms with van der Waals surface area (Å²) in [5.74, 6) is 0. The molecule has 4 nitrogen and oxygen atoms in total. The number of benzene rings is 18. The summed E-state index contributed by atoms with van der Waals surface area (Å²) >= 11 is 0. The molecule has 120 heavy (non-hydrogen) atoms. The Morgan fingerprint density at radius 2 is 0.458 bits per heavy atom. The predicted octanol–water partition coefficient (Wildman–Crippen LogP) is 31.9. The van der Waals surface area contributed by atoms with Gasteiger partial charge in [0.05, 0.1) is 5.69 Å². The van der Waals surface area contributed by atoms with Crippen LogP contribution in [-0.2, 0) is 10.8 Å². The Morgan fingerprint density at radius 1 is 0.183 bits per heavy atom.